The summed E-state index contributed by atoms with van der Waals surface area (Å²) in [6.07, 6.45) is 2.05. The molecule has 1 unspecified atom stereocenters. The lowest BCUT2D eigenvalue weighted by molar-refractivity contribution is 0.416. The maximum Gasteiger partial charge on any atom is 0.129 e. The summed E-state index contributed by atoms with van der Waals surface area (Å²) >= 11 is 1.66. The highest BCUT2D eigenvalue weighted by Crippen LogP contribution is 2.31. The molecule has 0 aliphatic rings. The van der Waals surface area contributed by atoms with Crippen molar-refractivity contribution in [3.63, 3.8) is 0 Å². The summed E-state index contributed by atoms with van der Waals surface area (Å²) in [5.41, 5.74) is 10.4. The molecule has 1 atom stereocenters. The molecule has 1 aromatic heterocycles. The average Bonchev–Trinajstić information content (AvgIpc) is 2.94. The summed E-state index contributed by atoms with van der Waals surface area (Å²) in [6.45, 7) is 4.34. The first-order valence-electron chi connectivity index (χ1n) is 6.69. The Bertz CT molecular complexity index is 547. The Morgan fingerprint density at radius 3 is 2.58 bits per heavy atom. The van der Waals surface area contributed by atoms with Crippen molar-refractivity contribution in [2.75, 3.05) is 7.11 Å². The van der Waals surface area contributed by atoms with Gasteiger partial charge in [-0.25, -0.2) is 0 Å². The number of methoxy groups -OCH3 is 1. The van der Waals surface area contributed by atoms with Gasteiger partial charge in [-0.3, -0.25) is 0 Å². The van der Waals surface area contributed by atoms with E-state index in [4.69, 9.17) is 10.5 Å². The predicted molar refractivity (Wildman–Crippen MR) is 82.1 cm³/mol. The fraction of sp³-hybridized carbons (Fsp3) is 0.375. The minimum atomic E-state index is -0.0599. The monoisotopic (exact) mass is 275 g/mol. The third-order valence-corrected chi connectivity index (χ3v) is 4.47. The zero-order valence-corrected chi connectivity index (χ0v) is 12.6. The Hall–Kier alpha value is -1.32. The summed E-state index contributed by atoms with van der Waals surface area (Å²) in [5, 5.41) is 2.00. The molecule has 1 aromatic carbocycles. The van der Waals surface area contributed by atoms with Crippen LogP contribution >= 0.6 is 11.3 Å². The molecule has 19 heavy (non-hydrogen) atoms. The van der Waals surface area contributed by atoms with E-state index in [1.807, 2.05) is 11.4 Å². The largest absolute Gasteiger partial charge is 0.496 e. The number of benzene rings is 1. The molecule has 2 N–H and O–H groups in total. The lowest BCUT2D eigenvalue weighted by atomic mass is 9.95. The van der Waals surface area contributed by atoms with E-state index in [2.05, 4.69) is 32.0 Å². The summed E-state index contributed by atoms with van der Waals surface area (Å²) in [5.74, 6) is 0.889. The van der Waals surface area contributed by atoms with Gasteiger partial charge < -0.3 is 10.5 Å². The molecule has 0 amide bonds. The van der Waals surface area contributed by atoms with E-state index in [-0.39, 0.29) is 6.04 Å². The zero-order valence-electron chi connectivity index (χ0n) is 11.8. The highest BCUT2D eigenvalue weighted by molar-refractivity contribution is 7.10. The number of nitrogens with two attached hydrogens (primary N) is 1. The lowest BCUT2D eigenvalue weighted by Crippen LogP contribution is -2.13. The van der Waals surface area contributed by atoms with Crippen LogP contribution in [-0.2, 0) is 12.8 Å². The van der Waals surface area contributed by atoms with Crippen molar-refractivity contribution >= 4 is 11.3 Å². The fourth-order valence-electron chi connectivity index (χ4n) is 2.23. The second-order valence-corrected chi connectivity index (χ2v) is 5.55. The second kappa shape index (κ2) is 6.22. The fourth-order valence-corrected chi connectivity index (χ4v) is 3.11. The lowest BCUT2D eigenvalue weighted by Gasteiger charge is -2.16. The molecular weight excluding hydrogens is 254 g/mol. The number of thiophene rings is 1. The van der Waals surface area contributed by atoms with Gasteiger partial charge in [0.15, 0.2) is 0 Å². The maximum atomic E-state index is 6.44. The van der Waals surface area contributed by atoms with Crippen LogP contribution in [0.4, 0.5) is 0 Å². The maximum absolute atomic E-state index is 6.44. The van der Waals surface area contributed by atoms with Crippen molar-refractivity contribution in [2.24, 2.45) is 5.73 Å². The van der Waals surface area contributed by atoms with E-state index >= 15 is 0 Å². The van der Waals surface area contributed by atoms with E-state index in [1.165, 1.54) is 16.7 Å². The van der Waals surface area contributed by atoms with Crippen molar-refractivity contribution in [2.45, 2.75) is 32.7 Å². The van der Waals surface area contributed by atoms with Gasteiger partial charge in [-0.05, 0) is 35.6 Å². The Labute approximate surface area is 119 Å². The van der Waals surface area contributed by atoms with Crippen LogP contribution in [0.5, 0.6) is 5.75 Å². The van der Waals surface area contributed by atoms with Gasteiger partial charge in [0.25, 0.3) is 0 Å². The number of hydrogen-bond acceptors (Lipinski definition) is 3. The van der Waals surface area contributed by atoms with Crippen LogP contribution in [0.1, 0.15) is 41.5 Å². The van der Waals surface area contributed by atoms with Crippen molar-refractivity contribution in [1.82, 2.24) is 0 Å². The van der Waals surface area contributed by atoms with Gasteiger partial charge in [0.2, 0.25) is 0 Å². The highest BCUT2D eigenvalue weighted by Gasteiger charge is 2.15. The molecule has 0 bridgehead atoms. The van der Waals surface area contributed by atoms with Crippen LogP contribution in [0.25, 0.3) is 0 Å². The van der Waals surface area contributed by atoms with Crippen LogP contribution in [0, 0.1) is 0 Å². The van der Waals surface area contributed by atoms with Crippen molar-refractivity contribution in [3.05, 3.63) is 51.2 Å². The Morgan fingerprint density at radius 1 is 1.21 bits per heavy atom. The molecule has 0 aliphatic carbocycles. The third-order valence-electron chi connectivity index (χ3n) is 3.47. The Morgan fingerprint density at radius 2 is 2.00 bits per heavy atom. The molecule has 0 saturated heterocycles. The van der Waals surface area contributed by atoms with Crippen LogP contribution in [0.2, 0.25) is 0 Å². The summed E-state index contributed by atoms with van der Waals surface area (Å²) in [7, 11) is 1.69. The topological polar surface area (TPSA) is 35.2 Å². The van der Waals surface area contributed by atoms with Gasteiger partial charge in [-0.1, -0.05) is 32.0 Å². The molecule has 0 saturated carbocycles. The van der Waals surface area contributed by atoms with Crippen LogP contribution in [0.15, 0.2) is 29.6 Å². The Balaban J connectivity index is 2.38. The number of aryl methyl sites for hydroxylation is 2. The van der Waals surface area contributed by atoms with Crippen molar-refractivity contribution in [3.8, 4) is 5.75 Å². The van der Waals surface area contributed by atoms with Gasteiger partial charge in [-0.15, -0.1) is 11.3 Å². The molecule has 1 heterocycles. The molecule has 0 fully saturated rings. The average molecular weight is 275 g/mol. The minimum Gasteiger partial charge on any atom is -0.496 e. The molecule has 0 radical (unpaired) electrons. The zero-order chi connectivity index (χ0) is 13.8. The van der Waals surface area contributed by atoms with Crippen LogP contribution in [-0.4, -0.2) is 7.11 Å². The standard InChI is InChI=1S/C16H21NOS/c1-4-11-6-7-12(5-2)14(8-11)16(17)15-9-13(18-3)10-19-15/h6-10,16H,4-5,17H2,1-3H3. The van der Waals surface area contributed by atoms with Crippen LogP contribution in [0.3, 0.4) is 0 Å². The number of rotatable bonds is 5. The summed E-state index contributed by atoms with van der Waals surface area (Å²) < 4.78 is 5.24. The van der Waals surface area contributed by atoms with Gasteiger partial charge in [0, 0.05) is 10.3 Å². The molecule has 2 rings (SSSR count). The molecule has 2 nitrogen and oxygen atoms in total. The molecule has 2 aromatic rings. The van der Waals surface area contributed by atoms with Gasteiger partial charge in [0.05, 0.1) is 13.2 Å². The van der Waals surface area contributed by atoms with Gasteiger partial charge >= 0.3 is 0 Å². The quantitative estimate of drug-likeness (QED) is 0.897. The molecule has 0 aliphatic heterocycles. The molecule has 102 valence electrons. The van der Waals surface area contributed by atoms with E-state index in [1.54, 1.807) is 18.4 Å². The van der Waals surface area contributed by atoms with Gasteiger partial charge in [0.1, 0.15) is 5.75 Å². The Kier molecular flexibility index (Phi) is 4.61. The van der Waals surface area contributed by atoms with E-state index < -0.39 is 0 Å². The molecule has 0 spiro atoms. The molecular formula is C16H21NOS. The summed E-state index contributed by atoms with van der Waals surface area (Å²) in [4.78, 5) is 1.15. The number of hydrogen-bond donors (Lipinski definition) is 1. The molecule has 3 heteroatoms. The smallest absolute Gasteiger partial charge is 0.129 e. The SMILES string of the molecule is CCc1ccc(CC)c(C(N)c2cc(OC)cs2)c1. The third kappa shape index (κ3) is 2.99. The predicted octanol–water partition coefficient (Wildman–Crippen LogP) is 3.93. The highest BCUT2D eigenvalue weighted by atomic mass is 32.1. The van der Waals surface area contributed by atoms with Gasteiger partial charge in [-0.2, -0.15) is 0 Å². The minimum absolute atomic E-state index is 0.0599. The first-order chi connectivity index (χ1) is 9.19. The second-order valence-electron chi connectivity index (χ2n) is 4.61. The summed E-state index contributed by atoms with van der Waals surface area (Å²) in [6, 6.07) is 8.63. The first kappa shape index (κ1) is 14.1. The van der Waals surface area contributed by atoms with E-state index in [9.17, 15) is 0 Å². The van der Waals surface area contributed by atoms with Crippen molar-refractivity contribution in [1.29, 1.82) is 0 Å². The van der Waals surface area contributed by atoms with Crippen LogP contribution < -0.4 is 10.5 Å². The van der Waals surface area contributed by atoms with E-state index in [0.717, 1.165) is 23.5 Å². The normalized spacial score (nSPS) is 12.4. The van der Waals surface area contributed by atoms with E-state index in [0.29, 0.717) is 0 Å². The number of ether oxygens (including phenoxy) is 1. The van der Waals surface area contributed by atoms with Crippen molar-refractivity contribution < 1.29 is 4.74 Å². The first-order valence-corrected chi connectivity index (χ1v) is 7.57.